The second-order valence-corrected chi connectivity index (χ2v) is 4.28. The van der Waals surface area contributed by atoms with Crippen LogP contribution >= 0.6 is 0 Å². The standard InChI is InChI=1S/C13H13NO/c1-10-3-2-4-11(7-10)13(9-14)6-5-12(15)8-13/h2-4,7H,5-6,8H2,1H3. The van der Waals surface area contributed by atoms with E-state index in [1.165, 1.54) is 0 Å². The number of aryl methyl sites for hydroxylation is 1. The van der Waals surface area contributed by atoms with Crippen LogP contribution in [0.3, 0.4) is 0 Å². The first-order valence-corrected chi connectivity index (χ1v) is 5.16. The molecule has 2 heteroatoms. The van der Waals surface area contributed by atoms with Crippen LogP contribution in [0, 0.1) is 18.3 Å². The lowest BCUT2D eigenvalue weighted by molar-refractivity contribution is -0.117. The van der Waals surface area contributed by atoms with Crippen LogP contribution in [0.15, 0.2) is 24.3 Å². The van der Waals surface area contributed by atoms with Crippen molar-refractivity contribution in [3.63, 3.8) is 0 Å². The maximum Gasteiger partial charge on any atom is 0.134 e. The predicted octanol–water partition coefficient (Wildman–Crippen LogP) is 2.51. The number of carbonyl (C=O) groups excluding carboxylic acids is 1. The largest absolute Gasteiger partial charge is 0.300 e. The Kier molecular flexibility index (Phi) is 2.32. The number of Topliss-reactive ketones (excluding diaryl/α,β-unsaturated/α-hetero) is 1. The molecule has 2 rings (SSSR count). The topological polar surface area (TPSA) is 40.9 Å². The van der Waals surface area contributed by atoms with E-state index in [0.29, 0.717) is 19.3 Å². The minimum atomic E-state index is -0.552. The minimum Gasteiger partial charge on any atom is -0.300 e. The number of nitrogens with zero attached hydrogens (tertiary/aromatic N) is 1. The van der Waals surface area contributed by atoms with Gasteiger partial charge in [0.05, 0.1) is 11.5 Å². The summed E-state index contributed by atoms with van der Waals surface area (Å²) in [6.45, 7) is 2.01. The Morgan fingerprint density at radius 2 is 2.27 bits per heavy atom. The number of benzene rings is 1. The first kappa shape index (κ1) is 9.92. The van der Waals surface area contributed by atoms with Gasteiger partial charge in [0, 0.05) is 12.8 Å². The molecule has 0 bridgehead atoms. The highest BCUT2D eigenvalue weighted by Gasteiger charge is 2.40. The molecule has 0 heterocycles. The second kappa shape index (κ2) is 3.51. The zero-order valence-electron chi connectivity index (χ0n) is 8.79. The first-order valence-electron chi connectivity index (χ1n) is 5.16. The molecule has 0 N–H and O–H groups in total. The normalized spacial score (nSPS) is 25.2. The Labute approximate surface area is 89.5 Å². The number of nitriles is 1. The van der Waals surface area contributed by atoms with Gasteiger partial charge in [-0.1, -0.05) is 29.8 Å². The van der Waals surface area contributed by atoms with Crippen LogP contribution in [0.1, 0.15) is 30.4 Å². The zero-order valence-corrected chi connectivity index (χ0v) is 8.79. The molecule has 1 aliphatic carbocycles. The Morgan fingerprint density at radius 1 is 1.47 bits per heavy atom. The van der Waals surface area contributed by atoms with E-state index in [1.807, 2.05) is 31.2 Å². The number of carbonyl (C=O) groups is 1. The van der Waals surface area contributed by atoms with Crippen molar-refractivity contribution in [2.45, 2.75) is 31.6 Å². The smallest absolute Gasteiger partial charge is 0.134 e. The SMILES string of the molecule is Cc1cccc(C2(C#N)CCC(=O)C2)c1. The lowest BCUT2D eigenvalue weighted by Crippen LogP contribution is -2.20. The fourth-order valence-electron chi connectivity index (χ4n) is 2.22. The van der Waals surface area contributed by atoms with Gasteiger partial charge >= 0.3 is 0 Å². The number of hydrogen-bond donors (Lipinski definition) is 0. The fraction of sp³-hybridized carbons (Fsp3) is 0.385. The summed E-state index contributed by atoms with van der Waals surface area (Å²) < 4.78 is 0. The van der Waals surface area contributed by atoms with Crippen LogP contribution in [0.4, 0.5) is 0 Å². The van der Waals surface area contributed by atoms with Crippen molar-refractivity contribution in [3.8, 4) is 6.07 Å². The highest BCUT2D eigenvalue weighted by molar-refractivity contribution is 5.83. The van der Waals surface area contributed by atoms with Gasteiger partial charge in [0.2, 0.25) is 0 Å². The molecule has 0 amide bonds. The van der Waals surface area contributed by atoms with Crippen LogP contribution in [0.5, 0.6) is 0 Å². The molecule has 0 saturated heterocycles. The molecule has 1 aromatic rings. The van der Waals surface area contributed by atoms with Gasteiger partial charge in [-0.05, 0) is 18.9 Å². The predicted molar refractivity (Wildman–Crippen MR) is 57.3 cm³/mol. The molecule has 1 saturated carbocycles. The van der Waals surface area contributed by atoms with Gasteiger partial charge in [0.25, 0.3) is 0 Å². The van der Waals surface area contributed by atoms with Crippen LogP contribution < -0.4 is 0 Å². The van der Waals surface area contributed by atoms with E-state index in [-0.39, 0.29) is 5.78 Å². The quantitative estimate of drug-likeness (QED) is 0.697. The maximum atomic E-state index is 11.3. The van der Waals surface area contributed by atoms with E-state index in [9.17, 15) is 10.1 Å². The Hall–Kier alpha value is -1.62. The lowest BCUT2D eigenvalue weighted by atomic mass is 9.80. The maximum absolute atomic E-state index is 11.3. The Bertz CT molecular complexity index is 444. The molecule has 0 radical (unpaired) electrons. The Balaban J connectivity index is 2.44. The van der Waals surface area contributed by atoms with Crippen molar-refractivity contribution >= 4 is 5.78 Å². The van der Waals surface area contributed by atoms with E-state index < -0.39 is 5.41 Å². The minimum absolute atomic E-state index is 0.207. The summed E-state index contributed by atoms with van der Waals surface area (Å²) in [6.07, 6.45) is 1.60. The molecule has 1 fully saturated rings. The first-order chi connectivity index (χ1) is 7.16. The summed E-state index contributed by atoms with van der Waals surface area (Å²) in [5.74, 6) is 0.207. The van der Waals surface area contributed by atoms with E-state index in [2.05, 4.69) is 6.07 Å². The van der Waals surface area contributed by atoms with Gasteiger partial charge in [-0.25, -0.2) is 0 Å². The van der Waals surface area contributed by atoms with Crippen LogP contribution in [-0.4, -0.2) is 5.78 Å². The van der Waals surface area contributed by atoms with Gasteiger partial charge in [-0.15, -0.1) is 0 Å². The van der Waals surface area contributed by atoms with Crippen LogP contribution in [0.2, 0.25) is 0 Å². The summed E-state index contributed by atoms with van der Waals surface area (Å²) in [5.41, 5.74) is 1.58. The summed E-state index contributed by atoms with van der Waals surface area (Å²) >= 11 is 0. The molecule has 15 heavy (non-hydrogen) atoms. The van der Waals surface area contributed by atoms with E-state index in [0.717, 1.165) is 11.1 Å². The monoisotopic (exact) mass is 199 g/mol. The molecular weight excluding hydrogens is 186 g/mol. The Morgan fingerprint density at radius 3 is 2.80 bits per heavy atom. The van der Waals surface area contributed by atoms with Crippen molar-refractivity contribution in [2.75, 3.05) is 0 Å². The average Bonchev–Trinajstić information content (AvgIpc) is 2.61. The summed E-state index contributed by atoms with van der Waals surface area (Å²) in [5, 5.41) is 9.28. The third-order valence-corrected chi connectivity index (χ3v) is 3.11. The molecule has 2 nitrogen and oxygen atoms in total. The summed E-state index contributed by atoms with van der Waals surface area (Å²) in [7, 11) is 0. The molecular formula is C13H13NO. The van der Waals surface area contributed by atoms with Crippen molar-refractivity contribution < 1.29 is 4.79 Å². The van der Waals surface area contributed by atoms with Crippen molar-refractivity contribution in [3.05, 3.63) is 35.4 Å². The second-order valence-electron chi connectivity index (χ2n) is 4.28. The number of hydrogen-bond acceptors (Lipinski definition) is 2. The molecule has 1 aromatic carbocycles. The fourth-order valence-corrected chi connectivity index (χ4v) is 2.22. The van der Waals surface area contributed by atoms with Gasteiger partial charge in [-0.2, -0.15) is 5.26 Å². The summed E-state index contributed by atoms with van der Waals surface area (Å²) in [6, 6.07) is 10.3. The number of rotatable bonds is 1. The van der Waals surface area contributed by atoms with E-state index in [4.69, 9.17) is 0 Å². The van der Waals surface area contributed by atoms with Crippen LogP contribution in [-0.2, 0) is 10.2 Å². The average molecular weight is 199 g/mol. The molecule has 1 unspecified atom stereocenters. The third-order valence-electron chi connectivity index (χ3n) is 3.11. The lowest BCUT2D eigenvalue weighted by Gasteiger charge is -2.19. The van der Waals surface area contributed by atoms with Gasteiger partial charge in [0.1, 0.15) is 5.78 Å². The van der Waals surface area contributed by atoms with Crippen LogP contribution in [0.25, 0.3) is 0 Å². The molecule has 0 aromatic heterocycles. The number of ketones is 1. The molecule has 1 atom stereocenters. The molecule has 1 aliphatic rings. The van der Waals surface area contributed by atoms with Crippen molar-refractivity contribution in [1.82, 2.24) is 0 Å². The van der Waals surface area contributed by atoms with Crippen molar-refractivity contribution in [1.29, 1.82) is 5.26 Å². The zero-order chi connectivity index (χ0) is 10.9. The molecule has 0 spiro atoms. The van der Waals surface area contributed by atoms with Gasteiger partial charge in [-0.3, -0.25) is 4.79 Å². The highest BCUT2D eigenvalue weighted by Crippen LogP contribution is 2.38. The highest BCUT2D eigenvalue weighted by atomic mass is 16.1. The van der Waals surface area contributed by atoms with Crippen molar-refractivity contribution in [2.24, 2.45) is 0 Å². The summed E-state index contributed by atoms with van der Waals surface area (Å²) in [4.78, 5) is 11.3. The van der Waals surface area contributed by atoms with E-state index >= 15 is 0 Å². The van der Waals surface area contributed by atoms with E-state index in [1.54, 1.807) is 0 Å². The molecule has 76 valence electrons. The van der Waals surface area contributed by atoms with Gasteiger partial charge in [0.15, 0.2) is 0 Å². The third kappa shape index (κ3) is 1.66. The molecule has 0 aliphatic heterocycles. The van der Waals surface area contributed by atoms with Gasteiger partial charge < -0.3 is 0 Å².